The Kier molecular flexibility index (Phi) is 6.19. The number of hydrogen-bond donors (Lipinski definition) is 3. The number of nitro groups is 1. The second kappa shape index (κ2) is 8.34. The summed E-state index contributed by atoms with van der Waals surface area (Å²) in [5, 5.41) is 13.1. The lowest BCUT2D eigenvalue weighted by Crippen LogP contribution is -2.49. The fraction of sp³-hybridized carbons (Fsp3) is 0.400. The van der Waals surface area contributed by atoms with Gasteiger partial charge in [-0.05, 0) is 37.2 Å². The standard InChI is InChI=1S/C15H18N4O4S/c20-13(10-4-2-1-3-5-10)16-15(24)18-17-14(21)11-6-8-12(9-7-11)19(22)23/h6-10H,1-5H2,(H,17,21)(H2,16,18,20,24). The summed E-state index contributed by atoms with van der Waals surface area (Å²) in [4.78, 5) is 33.9. The Hall–Kier alpha value is -2.55. The number of nitrogens with one attached hydrogen (secondary N) is 3. The molecule has 0 bridgehead atoms. The average molecular weight is 350 g/mol. The van der Waals surface area contributed by atoms with E-state index in [-0.39, 0.29) is 28.2 Å². The molecule has 1 aliphatic carbocycles. The van der Waals surface area contributed by atoms with Crippen LogP contribution in [-0.2, 0) is 4.79 Å². The van der Waals surface area contributed by atoms with E-state index in [1.807, 2.05) is 0 Å². The number of rotatable bonds is 3. The molecule has 1 aromatic carbocycles. The summed E-state index contributed by atoms with van der Waals surface area (Å²) in [6.07, 6.45) is 4.93. The average Bonchev–Trinajstić information content (AvgIpc) is 2.60. The van der Waals surface area contributed by atoms with Gasteiger partial charge in [0.15, 0.2) is 5.11 Å². The van der Waals surface area contributed by atoms with Gasteiger partial charge in [-0.15, -0.1) is 0 Å². The predicted molar refractivity (Wildman–Crippen MR) is 91.0 cm³/mol. The van der Waals surface area contributed by atoms with Crippen molar-refractivity contribution in [3.05, 3.63) is 39.9 Å². The monoisotopic (exact) mass is 350 g/mol. The van der Waals surface area contributed by atoms with Gasteiger partial charge in [-0.3, -0.25) is 30.6 Å². The van der Waals surface area contributed by atoms with Gasteiger partial charge in [0, 0.05) is 23.6 Å². The van der Waals surface area contributed by atoms with E-state index in [1.54, 1.807) is 0 Å². The second-order valence-electron chi connectivity index (χ2n) is 5.54. The number of thiocarbonyl (C=S) groups is 1. The highest BCUT2D eigenvalue weighted by molar-refractivity contribution is 7.80. The van der Waals surface area contributed by atoms with Crippen molar-refractivity contribution in [1.29, 1.82) is 0 Å². The van der Waals surface area contributed by atoms with Crippen LogP contribution in [0.25, 0.3) is 0 Å². The van der Waals surface area contributed by atoms with Crippen LogP contribution in [0, 0.1) is 16.0 Å². The lowest BCUT2D eigenvalue weighted by Gasteiger charge is -2.21. The van der Waals surface area contributed by atoms with Gasteiger partial charge in [0.2, 0.25) is 5.91 Å². The molecule has 9 heteroatoms. The van der Waals surface area contributed by atoms with Gasteiger partial charge in [0.05, 0.1) is 4.92 Å². The zero-order valence-electron chi connectivity index (χ0n) is 12.9. The molecular formula is C15H18N4O4S. The Labute approximate surface area is 144 Å². The van der Waals surface area contributed by atoms with Crippen molar-refractivity contribution in [2.24, 2.45) is 5.92 Å². The smallest absolute Gasteiger partial charge is 0.269 e. The number of hydrogen-bond acceptors (Lipinski definition) is 5. The molecule has 3 N–H and O–H groups in total. The lowest BCUT2D eigenvalue weighted by atomic mass is 9.89. The van der Waals surface area contributed by atoms with Gasteiger partial charge in [-0.1, -0.05) is 19.3 Å². The quantitative estimate of drug-likeness (QED) is 0.435. The van der Waals surface area contributed by atoms with Crippen LogP contribution in [0.2, 0.25) is 0 Å². The highest BCUT2D eigenvalue weighted by atomic mass is 32.1. The molecule has 2 rings (SSSR count). The summed E-state index contributed by atoms with van der Waals surface area (Å²) in [5.74, 6) is -0.695. The number of amides is 2. The third-order valence-electron chi connectivity index (χ3n) is 3.84. The van der Waals surface area contributed by atoms with Crippen molar-refractivity contribution in [2.75, 3.05) is 0 Å². The van der Waals surface area contributed by atoms with Crippen LogP contribution in [0.15, 0.2) is 24.3 Å². The van der Waals surface area contributed by atoms with Crippen LogP contribution >= 0.6 is 12.2 Å². The summed E-state index contributed by atoms with van der Waals surface area (Å²) in [7, 11) is 0. The van der Waals surface area contributed by atoms with Crippen LogP contribution in [0.1, 0.15) is 42.5 Å². The molecule has 0 spiro atoms. The molecule has 1 aromatic rings. The molecule has 0 aromatic heterocycles. The van der Waals surface area contributed by atoms with Crippen molar-refractivity contribution in [3.8, 4) is 0 Å². The molecular weight excluding hydrogens is 332 g/mol. The maximum atomic E-state index is 12.0. The van der Waals surface area contributed by atoms with Crippen molar-refractivity contribution in [1.82, 2.24) is 16.2 Å². The normalized spacial score (nSPS) is 14.5. The Bertz CT molecular complexity index is 641. The lowest BCUT2D eigenvalue weighted by molar-refractivity contribution is -0.384. The van der Waals surface area contributed by atoms with Crippen LogP contribution in [-0.4, -0.2) is 21.9 Å². The van der Waals surface area contributed by atoms with E-state index in [9.17, 15) is 19.7 Å². The number of carbonyl (C=O) groups is 2. The first kappa shape index (κ1) is 17.8. The molecule has 1 saturated carbocycles. The first-order valence-corrected chi connectivity index (χ1v) is 8.04. The summed E-state index contributed by atoms with van der Waals surface area (Å²) < 4.78 is 0. The van der Waals surface area contributed by atoms with E-state index >= 15 is 0 Å². The maximum absolute atomic E-state index is 12.0. The van der Waals surface area contributed by atoms with Crippen LogP contribution < -0.4 is 16.2 Å². The molecule has 24 heavy (non-hydrogen) atoms. The van der Waals surface area contributed by atoms with Crippen LogP contribution in [0.4, 0.5) is 5.69 Å². The first-order valence-electron chi connectivity index (χ1n) is 7.63. The summed E-state index contributed by atoms with van der Waals surface area (Å²) in [5.41, 5.74) is 4.92. The van der Waals surface area contributed by atoms with E-state index in [0.29, 0.717) is 0 Å². The van der Waals surface area contributed by atoms with Crippen LogP contribution in [0.5, 0.6) is 0 Å². The molecule has 0 saturated heterocycles. The predicted octanol–water partition coefficient (Wildman–Crippen LogP) is 1.81. The molecule has 1 aliphatic rings. The summed E-state index contributed by atoms with van der Waals surface area (Å²) >= 11 is 4.98. The number of hydrazine groups is 1. The molecule has 0 aliphatic heterocycles. The van der Waals surface area contributed by atoms with E-state index in [0.717, 1.165) is 32.1 Å². The summed E-state index contributed by atoms with van der Waals surface area (Å²) in [6, 6.07) is 5.13. The molecule has 0 unspecified atom stereocenters. The van der Waals surface area contributed by atoms with Crippen molar-refractivity contribution in [3.63, 3.8) is 0 Å². The minimum Gasteiger partial charge on any atom is -0.302 e. The molecule has 2 amide bonds. The summed E-state index contributed by atoms with van der Waals surface area (Å²) in [6.45, 7) is 0. The molecule has 8 nitrogen and oxygen atoms in total. The number of benzene rings is 1. The van der Waals surface area contributed by atoms with Gasteiger partial charge in [0.1, 0.15) is 0 Å². The highest BCUT2D eigenvalue weighted by Gasteiger charge is 2.21. The zero-order chi connectivity index (χ0) is 17.5. The molecule has 0 radical (unpaired) electrons. The van der Waals surface area contributed by atoms with E-state index in [2.05, 4.69) is 16.2 Å². The van der Waals surface area contributed by atoms with Gasteiger partial charge < -0.3 is 5.32 Å². The fourth-order valence-electron chi connectivity index (χ4n) is 2.53. The third kappa shape index (κ3) is 4.98. The SMILES string of the molecule is O=C(NNC(=S)NC(=O)C1CCCCC1)c1ccc([N+](=O)[O-])cc1. The second-order valence-corrected chi connectivity index (χ2v) is 5.94. The van der Waals surface area contributed by atoms with Crippen molar-refractivity contribution in [2.45, 2.75) is 32.1 Å². The number of nitro benzene ring substituents is 1. The number of carbonyl (C=O) groups excluding carboxylic acids is 2. The minimum atomic E-state index is -0.546. The van der Waals surface area contributed by atoms with Gasteiger partial charge in [-0.2, -0.15) is 0 Å². The van der Waals surface area contributed by atoms with E-state index in [1.165, 1.54) is 24.3 Å². The zero-order valence-corrected chi connectivity index (χ0v) is 13.7. The highest BCUT2D eigenvalue weighted by Crippen LogP contribution is 2.23. The van der Waals surface area contributed by atoms with Gasteiger partial charge in [0.25, 0.3) is 11.6 Å². The van der Waals surface area contributed by atoms with Crippen LogP contribution in [0.3, 0.4) is 0 Å². The van der Waals surface area contributed by atoms with Crippen molar-refractivity contribution >= 4 is 34.8 Å². The van der Waals surface area contributed by atoms with Gasteiger partial charge in [-0.25, -0.2) is 0 Å². The Morgan fingerprint density at radius 1 is 1.08 bits per heavy atom. The maximum Gasteiger partial charge on any atom is 0.269 e. The molecule has 128 valence electrons. The topological polar surface area (TPSA) is 113 Å². The van der Waals surface area contributed by atoms with Gasteiger partial charge >= 0.3 is 0 Å². The van der Waals surface area contributed by atoms with E-state index in [4.69, 9.17) is 12.2 Å². The first-order chi connectivity index (χ1) is 11.5. The Morgan fingerprint density at radius 3 is 2.29 bits per heavy atom. The van der Waals surface area contributed by atoms with Crippen molar-refractivity contribution < 1.29 is 14.5 Å². The fourth-order valence-corrected chi connectivity index (χ4v) is 2.68. The largest absolute Gasteiger partial charge is 0.302 e. The Balaban J connectivity index is 1.79. The molecule has 0 atom stereocenters. The Morgan fingerprint density at radius 2 is 1.71 bits per heavy atom. The molecule has 0 heterocycles. The number of non-ortho nitro benzene ring substituents is 1. The molecule has 1 fully saturated rings. The minimum absolute atomic E-state index is 0.0147. The number of nitrogens with zero attached hydrogens (tertiary/aromatic N) is 1. The third-order valence-corrected chi connectivity index (χ3v) is 4.05. The van der Waals surface area contributed by atoms with E-state index < -0.39 is 10.8 Å².